The monoisotopic (exact) mass is 313 g/mol. The highest BCUT2D eigenvalue weighted by atomic mass is 16.3. The Labute approximate surface area is 136 Å². The van der Waals surface area contributed by atoms with E-state index in [2.05, 4.69) is 4.90 Å². The van der Waals surface area contributed by atoms with Gasteiger partial charge in [0.25, 0.3) is 0 Å². The molecule has 1 fully saturated rings. The number of aliphatic hydroxyl groups excluding tert-OH is 1. The van der Waals surface area contributed by atoms with E-state index in [1.165, 1.54) is 0 Å². The Kier molecular flexibility index (Phi) is 4.39. The average molecular weight is 313 g/mol. The molecule has 0 saturated carbocycles. The number of nitrogens with zero attached hydrogens (tertiary/aromatic N) is 1. The number of phenolic OH excluding ortho intramolecular Hbond substituents is 1. The second kappa shape index (κ2) is 6.32. The fraction of sp³-hybridized carbons (Fsp3) is 0.368. The lowest BCUT2D eigenvalue weighted by atomic mass is 9.93. The maximum absolute atomic E-state index is 10.9. The molecule has 0 aromatic heterocycles. The largest absolute Gasteiger partial charge is 0.508 e. The average Bonchev–Trinajstić information content (AvgIpc) is 2.99. The van der Waals surface area contributed by atoms with Gasteiger partial charge < -0.3 is 15.3 Å². The number of hydrogen-bond donors (Lipinski definition) is 3. The molecule has 0 amide bonds. The van der Waals surface area contributed by atoms with Gasteiger partial charge in [0.2, 0.25) is 0 Å². The van der Waals surface area contributed by atoms with Gasteiger partial charge in [0.05, 0.1) is 6.10 Å². The summed E-state index contributed by atoms with van der Waals surface area (Å²) in [5.41, 5.74) is 0.837. The van der Waals surface area contributed by atoms with Gasteiger partial charge in [0.15, 0.2) is 0 Å². The van der Waals surface area contributed by atoms with Gasteiger partial charge in [-0.05, 0) is 36.6 Å². The molecule has 23 heavy (non-hydrogen) atoms. The smallest absolute Gasteiger partial charge is 0.115 e. The van der Waals surface area contributed by atoms with Crippen LogP contribution in [0.2, 0.25) is 0 Å². The fourth-order valence-electron chi connectivity index (χ4n) is 3.30. The normalized spacial score (nSPS) is 24.5. The molecule has 0 bridgehead atoms. The summed E-state index contributed by atoms with van der Waals surface area (Å²) in [7, 11) is 0. The predicted molar refractivity (Wildman–Crippen MR) is 89.1 cm³/mol. The van der Waals surface area contributed by atoms with Crippen molar-refractivity contribution in [2.75, 3.05) is 13.1 Å². The molecule has 1 heterocycles. The number of benzene rings is 2. The van der Waals surface area contributed by atoms with Crippen molar-refractivity contribution in [1.29, 1.82) is 0 Å². The van der Waals surface area contributed by atoms with Crippen LogP contribution in [0, 0.1) is 0 Å². The van der Waals surface area contributed by atoms with Crippen molar-refractivity contribution in [3.63, 3.8) is 0 Å². The van der Waals surface area contributed by atoms with Gasteiger partial charge in [-0.15, -0.1) is 0 Å². The molecule has 4 heteroatoms. The molecule has 1 unspecified atom stereocenters. The number of rotatable bonds is 4. The van der Waals surface area contributed by atoms with Gasteiger partial charge in [-0.2, -0.15) is 0 Å². The van der Waals surface area contributed by atoms with Gasteiger partial charge in [-0.25, -0.2) is 0 Å². The fourth-order valence-corrected chi connectivity index (χ4v) is 3.30. The van der Waals surface area contributed by atoms with Crippen LogP contribution in [-0.2, 0) is 5.60 Å². The third kappa shape index (κ3) is 3.24. The summed E-state index contributed by atoms with van der Waals surface area (Å²) in [4.78, 5) is 2.12. The van der Waals surface area contributed by atoms with Gasteiger partial charge in [-0.1, -0.05) is 42.5 Å². The molecule has 122 valence electrons. The molecule has 3 rings (SSSR count). The van der Waals surface area contributed by atoms with Crippen LogP contribution in [0.1, 0.15) is 30.6 Å². The minimum atomic E-state index is -0.857. The maximum atomic E-state index is 10.9. The van der Waals surface area contributed by atoms with Gasteiger partial charge in [0.1, 0.15) is 11.4 Å². The van der Waals surface area contributed by atoms with Crippen molar-refractivity contribution in [1.82, 2.24) is 4.90 Å². The summed E-state index contributed by atoms with van der Waals surface area (Å²) in [6.07, 6.45) is -0.00219. The molecule has 4 nitrogen and oxygen atoms in total. The quantitative estimate of drug-likeness (QED) is 0.811. The number of phenols is 1. The van der Waals surface area contributed by atoms with Crippen molar-refractivity contribution >= 4 is 0 Å². The lowest BCUT2D eigenvalue weighted by Crippen LogP contribution is -2.39. The van der Waals surface area contributed by atoms with Crippen molar-refractivity contribution < 1.29 is 15.3 Å². The molecule has 3 atom stereocenters. The number of β-amino-alcohol motifs (C(OH)–C–C–N with tert-alkyl or cyclic N) is 1. The Morgan fingerprint density at radius 2 is 1.70 bits per heavy atom. The van der Waals surface area contributed by atoms with Crippen LogP contribution >= 0.6 is 0 Å². The van der Waals surface area contributed by atoms with E-state index in [4.69, 9.17) is 0 Å². The molecule has 0 spiro atoms. The first-order chi connectivity index (χ1) is 11.0. The third-order valence-corrected chi connectivity index (χ3v) is 4.86. The second-order valence-electron chi connectivity index (χ2n) is 6.40. The maximum Gasteiger partial charge on any atom is 0.115 e. The lowest BCUT2D eigenvalue weighted by Gasteiger charge is -2.30. The van der Waals surface area contributed by atoms with E-state index in [1.54, 1.807) is 24.3 Å². The number of aromatic hydroxyl groups is 1. The van der Waals surface area contributed by atoms with E-state index in [9.17, 15) is 15.3 Å². The van der Waals surface area contributed by atoms with E-state index in [0.29, 0.717) is 13.0 Å². The van der Waals surface area contributed by atoms with Crippen LogP contribution in [0.5, 0.6) is 5.75 Å². The summed E-state index contributed by atoms with van der Waals surface area (Å²) in [6, 6.07) is 16.2. The first-order valence-corrected chi connectivity index (χ1v) is 7.98. The molecule has 0 aliphatic carbocycles. The van der Waals surface area contributed by atoms with Crippen molar-refractivity contribution in [2.45, 2.75) is 31.1 Å². The Morgan fingerprint density at radius 1 is 1.04 bits per heavy atom. The van der Waals surface area contributed by atoms with Crippen LogP contribution in [0.25, 0.3) is 0 Å². The summed E-state index contributed by atoms with van der Waals surface area (Å²) >= 11 is 0. The van der Waals surface area contributed by atoms with Gasteiger partial charge in [-0.3, -0.25) is 4.90 Å². The molecule has 1 aliphatic heterocycles. The van der Waals surface area contributed by atoms with Crippen LogP contribution < -0.4 is 0 Å². The summed E-state index contributed by atoms with van der Waals surface area (Å²) in [6.45, 7) is 3.21. The molecular formula is C19H23NO3. The molecular weight excluding hydrogens is 290 g/mol. The summed E-state index contributed by atoms with van der Waals surface area (Å²) in [5, 5.41) is 30.8. The minimum Gasteiger partial charge on any atom is -0.508 e. The van der Waals surface area contributed by atoms with E-state index >= 15 is 0 Å². The summed E-state index contributed by atoms with van der Waals surface area (Å²) in [5.74, 6) is 0.188. The SMILES string of the molecule is C[C@@H]([C@@H](O)c1ccc(O)cc1)N1CCC(O)(c2ccccc2)C1. The Balaban J connectivity index is 1.72. The van der Waals surface area contributed by atoms with Crippen LogP contribution in [0.4, 0.5) is 0 Å². The van der Waals surface area contributed by atoms with Crippen molar-refractivity contribution in [2.24, 2.45) is 0 Å². The highest BCUT2D eigenvalue weighted by Crippen LogP contribution is 2.35. The second-order valence-corrected chi connectivity index (χ2v) is 6.40. The first kappa shape index (κ1) is 16.0. The molecule has 2 aromatic rings. The van der Waals surface area contributed by atoms with Gasteiger partial charge in [0, 0.05) is 19.1 Å². The molecule has 0 radical (unpaired) electrons. The third-order valence-electron chi connectivity index (χ3n) is 4.86. The molecule has 2 aromatic carbocycles. The zero-order valence-electron chi connectivity index (χ0n) is 13.3. The minimum absolute atomic E-state index is 0.114. The molecule has 1 aliphatic rings. The van der Waals surface area contributed by atoms with E-state index in [1.807, 2.05) is 37.3 Å². The standard InChI is InChI=1S/C19H23NO3/c1-14(18(22)15-7-9-17(21)10-8-15)20-12-11-19(23,13-20)16-5-3-2-4-6-16/h2-10,14,18,21-23H,11-13H2,1H3/t14-,18+,19?/m0/s1. The lowest BCUT2D eigenvalue weighted by molar-refractivity contribution is 0.0212. The summed E-state index contributed by atoms with van der Waals surface area (Å²) < 4.78 is 0. The van der Waals surface area contributed by atoms with E-state index in [0.717, 1.165) is 17.7 Å². The zero-order valence-corrected chi connectivity index (χ0v) is 13.3. The Hall–Kier alpha value is -1.88. The van der Waals surface area contributed by atoms with Crippen molar-refractivity contribution in [3.05, 3.63) is 65.7 Å². The molecule has 3 N–H and O–H groups in total. The van der Waals surface area contributed by atoms with Crippen LogP contribution in [0.3, 0.4) is 0 Å². The Bertz CT molecular complexity index is 643. The highest BCUT2D eigenvalue weighted by molar-refractivity contribution is 5.28. The number of hydrogen-bond acceptors (Lipinski definition) is 4. The Morgan fingerprint density at radius 3 is 2.35 bits per heavy atom. The highest BCUT2D eigenvalue weighted by Gasteiger charge is 2.40. The zero-order chi connectivity index (χ0) is 16.4. The van der Waals surface area contributed by atoms with Crippen LogP contribution in [-0.4, -0.2) is 39.4 Å². The molecule has 1 saturated heterocycles. The van der Waals surface area contributed by atoms with Crippen LogP contribution in [0.15, 0.2) is 54.6 Å². The number of aliphatic hydroxyl groups is 2. The van der Waals surface area contributed by atoms with E-state index < -0.39 is 11.7 Å². The topological polar surface area (TPSA) is 63.9 Å². The van der Waals surface area contributed by atoms with Crippen molar-refractivity contribution in [3.8, 4) is 5.75 Å². The predicted octanol–water partition coefficient (Wildman–Crippen LogP) is 2.41. The van der Waals surface area contributed by atoms with E-state index in [-0.39, 0.29) is 11.8 Å². The van der Waals surface area contributed by atoms with Gasteiger partial charge >= 0.3 is 0 Å². The first-order valence-electron chi connectivity index (χ1n) is 7.98. The number of likely N-dealkylation sites (tertiary alicyclic amines) is 1.